The molecule has 1 atom stereocenters. The highest BCUT2D eigenvalue weighted by atomic mass is 35.5. The number of aromatic nitrogens is 2. The lowest BCUT2D eigenvalue weighted by Crippen LogP contribution is -2.28. The highest BCUT2D eigenvalue weighted by molar-refractivity contribution is 6.29. The van der Waals surface area contributed by atoms with Gasteiger partial charge in [-0.3, -0.25) is 4.79 Å². The van der Waals surface area contributed by atoms with Crippen molar-refractivity contribution in [1.29, 1.82) is 0 Å². The average molecular weight is 322 g/mol. The number of ether oxygens (including phenoxy) is 2. The maximum Gasteiger partial charge on any atom is 0.254 e. The molecule has 116 valence electrons. The Bertz CT molecular complexity index is 634. The Balaban J connectivity index is 1.86. The Morgan fingerprint density at radius 1 is 1.32 bits per heavy atom. The lowest BCUT2D eigenvalue weighted by atomic mass is 10.2. The van der Waals surface area contributed by atoms with E-state index in [2.05, 4.69) is 15.5 Å². The van der Waals surface area contributed by atoms with Gasteiger partial charge < -0.3 is 14.8 Å². The molecule has 0 aliphatic carbocycles. The molecule has 1 amide bonds. The third-order valence-electron chi connectivity index (χ3n) is 2.89. The summed E-state index contributed by atoms with van der Waals surface area (Å²) in [7, 11) is 1.60. The molecule has 0 fully saturated rings. The SMILES string of the molecule is COc1cccc(CO[C@@H](C)C(=O)Nc2ccc(Cl)nn2)c1. The van der Waals surface area contributed by atoms with Crippen molar-refractivity contribution in [3.63, 3.8) is 0 Å². The van der Waals surface area contributed by atoms with Gasteiger partial charge in [0.1, 0.15) is 11.9 Å². The van der Waals surface area contributed by atoms with Gasteiger partial charge in [-0.1, -0.05) is 23.7 Å². The van der Waals surface area contributed by atoms with Crippen LogP contribution in [0.5, 0.6) is 5.75 Å². The summed E-state index contributed by atoms with van der Waals surface area (Å²) in [6.45, 7) is 1.97. The Kier molecular flexibility index (Phi) is 5.68. The third kappa shape index (κ3) is 4.68. The van der Waals surface area contributed by atoms with Crippen LogP contribution in [0.1, 0.15) is 12.5 Å². The molecular weight excluding hydrogens is 306 g/mol. The van der Waals surface area contributed by atoms with Crippen molar-refractivity contribution >= 4 is 23.3 Å². The number of amides is 1. The summed E-state index contributed by atoms with van der Waals surface area (Å²) >= 11 is 5.63. The number of halogens is 1. The Hall–Kier alpha value is -2.18. The zero-order valence-corrected chi connectivity index (χ0v) is 13.0. The number of anilines is 1. The van der Waals surface area contributed by atoms with E-state index in [4.69, 9.17) is 21.1 Å². The largest absolute Gasteiger partial charge is 0.497 e. The highest BCUT2D eigenvalue weighted by Crippen LogP contribution is 2.14. The summed E-state index contributed by atoms with van der Waals surface area (Å²) in [6, 6.07) is 10.6. The molecule has 0 saturated heterocycles. The molecule has 0 bridgehead atoms. The molecule has 0 spiro atoms. The van der Waals surface area contributed by atoms with E-state index in [1.807, 2.05) is 24.3 Å². The lowest BCUT2D eigenvalue weighted by molar-refractivity contribution is -0.127. The fourth-order valence-electron chi connectivity index (χ4n) is 1.67. The van der Waals surface area contributed by atoms with E-state index < -0.39 is 6.10 Å². The van der Waals surface area contributed by atoms with Crippen molar-refractivity contribution in [2.75, 3.05) is 12.4 Å². The molecular formula is C15H16ClN3O3. The van der Waals surface area contributed by atoms with Gasteiger partial charge in [0.15, 0.2) is 11.0 Å². The number of rotatable bonds is 6. The minimum Gasteiger partial charge on any atom is -0.497 e. The van der Waals surface area contributed by atoms with E-state index in [9.17, 15) is 4.79 Å². The van der Waals surface area contributed by atoms with E-state index in [1.54, 1.807) is 26.2 Å². The number of methoxy groups -OCH3 is 1. The van der Waals surface area contributed by atoms with E-state index in [1.165, 1.54) is 0 Å². The van der Waals surface area contributed by atoms with Gasteiger partial charge >= 0.3 is 0 Å². The van der Waals surface area contributed by atoms with Crippen molar-refractivity contribution < 1.29 is 14.3 Å². The number of hydrogen-bond acceptors (Lipinski definition) is 5. The van der Waals surface area contributed by atoms with E-state index in [0.717, 1.165) is 11.3 Å². The van der Waals surface area contributed by atoms with Crippen molar-refractivity contribution in [3.8, 4) is 5.75 Å². The van der Waals surface area contributed by atoms with Crippen molar-refractivity contribution in [2.24, 2.45) is 0 Å². The van der Waals surface area contributed by atoms with Gasteiger partial charge in [0.05, 0.1) is 13.7 Å². The normalized spacial score (nSPS) is 11.8. The van der Waals surface area contributed by atoms with Crippen LogP contribution >= 0.6 is 11.6 Å². The first-order valence-electron chi connectivity index (χ1n) is 6.63. The predicted octanol–water partition coefficient (Wildman–Crippen LogP) is 2.68. The summed E-state index contributed by atoms with van der Waals surface area (Å²) in [5, 5.41) is 10.3. The number of nitrogens with one attached hydrogen (secondary N) is 1. The first-order chi connectivity index (χ1) is 10.6. The predicted molar refractivity (Wildman–Crippen MR) is 82.9 cm³/mol. The number of carbonyl (C=O) groups is 1. The van der Waals surface area contributed by atoms with Crippen LogP contribution in [-0.4, -0.2) is 29.3 Å². The maximum atomic E-state index is 12.0. The smallest absolute Gasteiger partial charge is 0.254 e. The summed E-state index contributed by atoms with van der Waals surface area (Å²) < 4.78 is 10.7. The maximum absolute atomic E-state index is 12.0. The molecule has 1 aromatic heterocycles. The van der Waals surface area contributed by atoms with Crippen LogP contribution in [0.15, 0.2) is 36.4 Å². The molecule has 0 unspecified atom stereocenters. The van der Waals surface area contributed by atoms with Gasteiger partial charge in [-0.05, 0) is 36.8 Å². The van der Waals surface area contributed by atoms with Crippen LogP contribution in [0.2, 0.25) is 5.15 Å². The fourth-order valence-corrected chi connectivity index (χ4v) is 1.77. The monoisotopic (exact) mass is 321 g/mol. The van der Waals surface area contributed by atoms with Crippen LogP contribution in [0, 0.1) is 0 Å². The third-order valence-corrected chi connectivity index (χ3v) is 3.09. The molecule has 0 aliphatic heterocycles. The zero-order valence-electron chi connectivity index (χ0n) is 12.2. The molecule has 6 nitrogen and oxygen atoms in total. The average Bonchev–Trinajstić information content (AvgIpc) is 2.54. The van der Waals surface area contributed by atoms with Gasteiger partial charge in [0.25, 0.3) is 5.91 Å². The number of benzene rings is 1. The second-order valence-corrected chi connectivity index (χ2v) is 4.92. The minimum absolute atomic E-state index is 0.264. The molecule has 0 saturated carbocycles. The molecule has 1 heterocycles. The first kappa shape index (κ1) is 16.2. The standard InChI is InChI=1S/C15H16ClN3O3/c1-10(15(20)17-14-7-6-13(16)18-19-14)22-9-11-4-3-5-12(8-11)21-2/h3-8,10H,9H2,1-2H3,(H,17,19,20)/t10-/m0/s1. The van der Waals surface area contributed by atoms with Crippen molar-refractivity contribution in [2.45, 2.75) is 19.6 Å². The molecule has 1 N–H and O–H groups in total. The quantitative estimate of drug-likeness (QED) is 0.885. The Morgan fingerprint density at radius 2 is 2.14 bits per heavy atom. The summed E-state index contributed by atoms with van der Waals surface area (Å²) in [6.07, 6.45) is -0.635. The van der Waals surface area contributed by atoms with Gasteiger partial charge in [0, 0.05) is 0 Å². The zero-order chi connectivity index (χ0) is 15.9. The lowest BCUT2D eigenvalue weighted by Gasteiger charge is -2.13. The van der Waals surface area contributed by atoms with Crippen LogP contribution < -0.4 is 10.1 Å². The van der Waals surface area contributed by atoms with E-state index in [-0.39, 0.29) is 11.1 Å². The topological polar surface area (TPSA) is 73.3 Å². The highest BCUT2D eigenvalue weighted by Gasteiger charge is 2.14. The first-order valence-corrected chi connectivity index (χ1v) is 7.01. The van der Waals surface area contributed by atoms with Crippen LogP contribution in [0.3, 0.4) is 0 Å². The summed E-state index contributed by atoms with van der Waals surface area (Å²) in [5.74, 6) is 0.764. The summed E-state index contributed by atoms with van der Waals surface area (Å²) in [5.41, 5.74) is 0.922. The van der Waals surface area contributed by atoms with Crippen LogP contribution in [0.4, 0.5) is 5.82 Å². The van der Waals surface area contributed by atoms with Gasteiger partial charge in [-0.15, -0.1) is 10.2 Å². The second-order valence-electron chi connectivity index (χ2n) is 4.54. The molecule has 7 heteroatoms. The molecule has 2 rings (SSSR count). The fraction of sp³-hybridized carbons (Fsp3) is 0.267. The summed E-state index contributed by atoms with van der Waals surface area (Å²) in [4.78, 5) is 12.0. The van der Waals surface area contributed by atoms with Crippen molar-refractivity contribution in [3.05, 3.63) is 47.1 Å². The van der Waals surface area contributed by atoms with Crippen LogP contribution in [-0.2, 0) is 16.1 Å². The second kappa shape index (κ2) is 7.72. The Morgan fingerprint density at radius 3 is 2.82 bits per heavy atom. The number of nitrogens with zero attached hydrogens (tertiary/aromatic N) is 2. The molecule has 22 heavy (non-hydrogen) atoms. The van der Waals surface area contributed by atoms with Crippen molar-refractivity contribution in [1.82, 2.24) is 10.2 Å². The number of carbonyl (C=O) groups excluding carboxylic acids is 1. The van der Waals surface area contributed by atoms with Gasteiger partial charge in [-0.25, -0.2) is 0 Å². The van der Waals surface area contributed by atoms with Gasteiger partial charge in [0.2, 0.25) is 0 Å². The number of hydrogen-bond donors (Lipinski definition) is 1. The molecule has 2 aromatic rings. The molecule has 0 aliphatic rings. The van der Waals surface area contributed by atoms with Crippen LogP contribution in [0.25, 0.3) is 0 Å². The Labute approximate surface area is 133 Å². The van der Waals surface area contributed by atoms with E-state index >= 15 is 0 Å². The van der Waals surface area contributed by atoms with E-state index in [0.29, 0.717) is 12.4 Å². The minimum atomic E-state index is -0.635. The van der Waals surface area contributed by atoms with Gasteiger partial charge in [-0.2, -0.15) is 0 Å². The molecule has 0 radical (unpaired) electrons. The molecule has 1 aromatic carbocycles.